The molecule has 10 nitrogen and oxygen atoms in total. The van der Waals surface area contributed by atoms with E-state index in [2.05, 4.69) is 16.0 Å². The quantitative estimate of drug-likeness (QED) is 0.300. The number of aliphatic hydroxyl groups is 1. The van der Waals surface area contributed by atoms with Gasteiger partial charge in [0, 0.05) is 55.4 Å². The zero-order chi connectivity index (χ0) is 29.4. The van der Waals surface area contributed by atoms with Gasteiger partial charge in [0.05, 0.1) is 18.2 Å². The number of aromatic nitrogens is 5. The molecule has 1 aromatic carbocycles. The molecule has 1 aliphatic rings. The lowest BCUT2D eigenvalue weighted by molar-refractivity contribution is -0.129. The number of thiazole rings is 1. The molecule has 5 heterocycles. The zero-order valence-corrected chi connectivity index (χ0v) is 23.8. The summed E-state index contributed by atoms with van der Waals surface area (Å²) in [6.45, 7) is 2.93. The maximum atomic E-state index is 13.5. The van der Waals surface area contributed by atoms with Gasteiger partial charge in [0.1, 0.15) is 39.7 Å². The van der Waals surface area contributed by atoms with Crippen molar-refractivity contribution in [3.05, 3.63) is 77.2 Å². The van der Waals surface area contributed by atoms with Gasteiger partial charge in [-0.3, -0.25) is 9.20 Å². The van der Waals surface area contributed by atoms with Crippen molar-refractivity contribution in [2.24, 2.45) is 0 Å². The zero-order valence-electron chi connectivity index (χ0n) is 23.0. The Labute approximate surface area is 245 Å². The molecule has 0 aliphatic carbocycles. The number of carbonyl (C=O) groups excluding carboxylic acids is 1. The van der Waals surface area contributed by atoms with Gasteiger partial charge in [0.2, 0.25) is 5.91 Å². The maximum absolute atomic E-state index is 13.5. The predicted octanol–water partition coefficient (Wildman–Crippen LogP) is 4.39. The monoisotopic (exact) mass is 582 g/mol. The first kappa shape index (κ1) is 27.4. The smallest absolute Gasteiger partial charge is 0.230 e. The number of fused-ring (bicyclic) bond motifs is 1. The third kappa shape index (κ3) is 5.20. The number of benzene rings is 1. The number of aryl methyl sites for hydroxylation is 1. The lowest BCUT2D eigenvalue weighted by Crippen LogP contribution is -2.31. The molecule has 1 amide bonds. The van der Waals surface area contributed by atoms with Crippen molar-refractivity contribution in [3.8, 4) is 28.5 Å². The van der Waals surface area contributed by atoms with E-state index in [9.17, 15) is 19.6 Å². The third-order valence-electron chi connectivity index (χ3n) is 7.30. The van der Waals surface area contributed by atoms with Crippen molar-refractivity contribution in [2.75, 3.05) is 25.0 Å². The number of pyridine rings is 1. The SMILES string of the molecule is CCc1nc2ccc(-c3cnc(CC(=O)N4CCC(O)C4)nc3)cn2c1N(C)c1nc(-c2ccc(F)cc2)c(C#N)s1. The summed E-state index contributed by atoms with van der Waals surface area (Å²) in [6.07, 6.45) is 6.25. The Morgan fingerprint density at radius 1 is 1.14 bits per heavy atom. The fourth-order valence-electron chi connectivity index (χ4n) is 5.08. The van der Waals surface area contributed by atoms with Crippen LogP contribution in [0.4, 0.5) is 15.3 Å². The van der Waals surface area contributed by atoms with E-state index in [1.165, 1.54) is 23.5 Å². The number of amides is 1. The molecular formula is C30H27FN8O2S. The fraction of sp³-hybridized carbons (Fsp3) is 0.267. The first-order valence-corrected chi connectivity index (χ1v) is 14.3. The van der Waals surface area contributed by atoms with Crippen LogP contribution in [0.2, 0.25) is 0 Å². The second-order valence-corrected chi connectivity index (χ2v) is 11.1. The van der Waals surface area contributed by atoms with Crippen molar-refractivity contribution < 1.29 is 14.3 Å². The van der Waals surface area contributed by atoms with E-state index < -0.39 is 6.10 Å². The number of imidazole rings is 1. The topological polar surface area (TPSA) is 124 Å². The molecule has 1 N–H and O–H groups in total. The Hall–Kier alpha value is -4.73. The molecule has 42 heavy (non-hydrogen) atoms. The van der Waals surface area contributed by atoms with Crippen molar-refractivity contribution in [2.45, 2.75) is 32.3 Å². The Morgan fingerprint density at radius 2 is 1.88 bits per heavy atom. The summed E-state index contributed by atoms with van der Waals surface area (Å²) in [5.74, 6) is 0.796. The number of nitriles is 1. The number of likely N-dealkylation sites (tertiary alicyclic amines) is 1. The summed E-state index contributed by atoms with van der Waals surface area (Å²) < 4.78 is 15.5. The highest BCUT2D eigenvalue weighted by Gasteiger charge is 2.25. The molecule has 212 valence electrons. The van der Waals surface area contributed by atoms with E-state index >= 15 is 0 Å². The standard InChI is InChI=1S/C30H27FN8O2S/c1-3-23-29(37(2)30-36-28(24(13-32)42-30)18-4-7-21(31)8-5-18)39-16-19(6-9-26(39)35-23)20-14-33-25(34-15-20)12-27(41)38-11-10-22(40)17-38/h4-9,14-16,22,40H,3,10-12,17H2,1-2H3. The summed E-state index contributed by atoms with van der Waals surface area (Å²) in [6, 6.07) is 12.0. The van der Waals surface area contributed by atoms with Gasteiger partial charge >= 0.3 is 0 Å². The molecule has 0 radical (unpaired) electrons. The van der Waals surface area contributed by atoms with Crippen LogP contribution in [0.5, 0.6) is 0 Å². The lowest BCUT2D eigenvalue weighted by atomic mass is 10.1. The molecule has 4 aromatic heterocycles. The van der Waals surface area contributed by atoms with E-state index in [4.69, 9.17) is 9.97 Å². The van der Waals surface area contributed by atoms with Crippen LogP contribution in [-0.4, -0.2) is 66.5 Å². The molecule has 1 fully saturated rings. The average molecular weight is 583 g/mol. The van der Waals surface area contributed by atoms with Crippen molar-refractivity contribution in [3.63, 3.8) is 0 Å². The number of halogens is 1. The number of rotatable bonds is 7. The maximum Gasteiger partial charge on any atom is 0.230 e. The average Bonchev–Trinajstić information content (AvgIpc) is 3.73. The van der Waals surface area contributed by atoms with Gasteiger partial charge < -0.3 is 14.9 Å². The molecule has 5 aromatic rings. The number of nitrogens with zero attached hydrogens (tertiary/aromatic N) is 8. The Morgan fingerprint density at radius 3 is 2.55 bits per heavy atom. The minimum Gasteiger partial charge on any atom is -0.391 e. The van der Waals surface area contributed by atoms with Crippen LogP contribution < -0.4 is 4.90 Å². The van der Waals surface area contributed by atoms with Gasteiger partial charge in [-0.05, 0) is 49.2 Å². The molecule has 12 heteroatoms. The van der Waals surface area contributed by atoms with Crippen molar-refractivity contribution >= 4 is 33.8 Å². The number of carbonyl (C=O) groups is 1. The first-order chi connectivity index (χ1) is 20.3. The number of hydrogen-bond acceptors (Lipinski definition) is 9. The van der Waals surface area contributed by atoms with Crippen LogP contribution in [0.25, 0.3) is 28.0 Å². The summed E-state index contributed by atoms with van der Waals surface area (Å²) in [4.78, 5) is 35.0. The van der Waals surface area contributed by atoms with E-state index in [1.54, 1.807) is 29.4 Å². The normalized spacial score (nSPS) is 14.8. The molecular weight excluding hydrogens is 555 g/mol. The van der Waals surface area contributed by atoms with Crippen molar-refractivity contribution in [1.82, 2.24) is 29.2 Å². The number of anilines is 2. The summed E-state index contributed by atoms with van der Waals surface area (Å²) >= 11 is 1.26. The molecule has 0 saturated carbocycles. The summed E-state index contributed by atoms with van der Waals surface area (Å²) in [5, 5.41) is 20.1. The number of aliphatic hydroxyl groups excluding tert-OH is 1. The minimum atomic E-state index is -0.464. The first-order valence-electron chi connectivity index (χ1n) is 13.5. The number of hydrogen-bond donors (Lipinski definition) is 1. The van der Waals surface area contributed by atoms with E-state index in [0.29, 0.717) is 53.0 Å². The van der Waals surface area contributed by atoms with Crippen LogP contribution >= 0.6 is 11.3 Å². The predicted molar refractivity (Wildman–Crippen MR) is 157 cm³/mol. The summed E-state index contributed by atoms with van der Waals surface area (Å²) in [5.41, 5.74) is 4.44. The van der Waals surface area contributed by atoms with E-state index in [-0.39, 0.29) is 18.1 Å². The number of β-amino-alcohol motifs (C(OH)–C–C–N with tert-alkyl or cyclic N) is 1. The highest BCUT2D eigenvalue weighted by molar-refractivity contribution is 7.16. The molecule has 1 unspecified atom stereocenters. The fourth-order valence-corrected chi connectivity index (χ4v) is 5.93. The van der Waals surface area contributed by atoms with Gasteiger partial charge in [-0.2, -0.15) is 5.26 Å². The second kappa shape index (κ2) is 11.3. The van der Waals surface area contributed by atoms with E-state index in [0.717, 1.165) is 28.3 Å². The molecule has 0 bridgehead atoms. The van der Waals surface area contributed by atoms with Gasteiger partial charge in [-0.25, -0.2) is 24.3 Å². The molecule has 1 saturated heterocycles. The van der Waals surface area contributed by atoms with Crippen LogP contribution in [0, 0.1) is 17.1 Å². The third-order valence-corrected chi connectivity index (χ3v) is 8.34. The molecule has 1 aliphatic heterocycles. The van der Waals surface area contributed by atoms with Crippen LogP contribution in [0.3, 0.4) is 0 Å². The van der Waals surface area contributed by atoms with Crippen LogP contribution in [0.1, 0.15) is 29.7 Å². The highest BCUT2D eigenvalue weighted by atomic mass is 32.1. The Bertz CT molecular complexity index is 1810. The van der Waals surface area contributed by atoms with Crippen LogP contribution in [-0.2, 0) is 17.6 Å². The van der Waals surface area contributed by atoms with Crippen LogP contribution in [0.15, 0.2) is 55.0 Å². The van der Waals surface area contributed by atoms with Gasteiger partial charge in [-0.15, -0.1) is 0 Å². The summed E-state index contributed by atoms with van der Waals surface area (Å²) in [7, 11) is 1.89. The van der Waals surface area contributed by atoms with Crippen molar-refractivity contribution in [1.29, 1.82) is 5.26 Å². The van der Waals surface area contributed by atoms with E-state index in [1.807, 2.05) is 41.6 Å². The van der Waals surface area contributed by atoms with Gasteiger partial charge in [0.15, 0.2) is 5.13 Å². The molecule has 6 rings (SSSR count). The molecule has 1 atom stereocenters. The van der Waals surface area contributed by atoms with Gasteiger partial charge in [0.25, 0.3) is 0 Å². The largest absolute Gasteiger partial charge is 0.391 e. The Kier molecular flexibility index (Phi) is 7.36. The van der Waals surface area contributed by atoms with Gasteiger partial charge in [-0.1, -0.05) is 18.3 Å². The highest BCUT2D eigenvalue weighted by Crippen LogP contribution is 2.37. The Balaban J connectivity index is 1.30. The molecule has 0 spiro atoms. The lowest BCUT2D eigenvalue weighted by Gasteiger charge is -2.17. The second-order valence-electron chi connectivity index (χ2n) is 10.1. The minimum absolute atomic E-state index is 0.0841.